The van der Waals surface area contributed by atoms with E-state index in [1.54, 1.807) is 31.5 Å². The number of benzene rings is 3. The Morgan fingerprint density at radius 3 is 2.00 bits per heavy atom. The molecule has 9 rings (SSSR count). The Bertz CT molecular complexity index is 3250. The van der Waals surface area contributed by atoms with Crippen LogP contribution in [0.3, 0.4) is 0 Å². The van der Waals surface area contributed by atoms with Gasteiger partial charge in [-0.15, -0.1) is 0 Å². The summed E-state index contributed by atoms with van der Waals surface area (Å²) in [4.78, 5) is 43.2. The number of amides is 1. The summed E-state index contributed by atoms with van der Waals surface area (Å²) in [6.45, 7) is 23.4. The Morgan fingerprint density at radius 1 is 0.836 bits per heavy atom. The third kappa shape index (κ3) is 10.2. The average Bonchev–Trinajstić information content (AvgIpc) is 4.12. The van der Waals surface area contributed by atoms with Gasteiger partial charge in [0.05, 0.1) is 69.9 Å². The predicted octanol–water partition coefficient (Wildman–Crippen LogP) is 10.9. The molecule has 1 saturated heterocycles. The first kappa shape index (κ1) is 48.0. The smallest absolute Gasteiger partial charge is 0.306 e. The molecular weight excluding hydrogens is 914 g/mol. The van der Waals surface area contributed by atoms with E-state index in [9.17, 15) is 18.0 Å². The van der Waals surface area contributed by atoms with Crippen molar-refractivity contribution in [3.05, 3.63) is 135 Å². The number of carboxylic acid groups (broad SMARTS) is 1. The van der Waals surface area contributed by atoms with Gasteiger partial charge in [-0.1, -0.05) is 40.9 Å². The number of nitrogens with zero attached hydrogens (tertiary/aromatic N) is 6. The number of anilines is 2. The zero-order chi connectivity index (χ0) is 48.3. The van der Waals surface area contributed by atoms with Crippen molar-refractivity contribution in [1.82, 2.24) is 24.4 Å². The highest BCUT2D eigenvalue weighted by molar-refractivity contribution is 7.86. The maximum Gasteiger partial charge on any atom is 0.306 e. The molecule has 2 aliphatic rings. The molecule has 4 aromatic heterocycles. The quantitative estimate of drug-likeness (QED) is 0.0877. The Labute approximate surface area is 398 Å². The van der Waals surface area contributed by atoms with Gasteiger partial charge in [0.1, 0.15) is 0 Å². The van der Waals surface area contributed by atoms with Crippen LogP contribution in [0, 0.1) is 39.8 Å². The molecule has 1 saturated carbocycles. The number of hydrogen-bond donors (Lipinski definition) is 4. The number of aliphatic carboxylic acids is 1. The fraction of sp³-hybridized carbons (Fsp3) is 0.265. The van der Waals surface area contributed by atoms with Gasteiger partial charge in [-0.25, -0.2) is 9.69 Å². The van der Waals surface area contributed by atoms with Crippen LogP contribution in [-0.2, 0) is 23.9 Å². The van der Waals surface area contributed by atoms with Crippen molar-refractivity contribution in [2.24, 2.45) is 5.92 Å². The Kier molecular flexibility index (Phi) is 14.2. The third-order valence-corrected chi connectivity index (χ3v) is 14.3. The number of nitrogens with two attached hydrogens (primary N) is 2. The largest absolute Gasteiger partial charge is 0.481 e. The summed E-state index contributed by atoms with van der Waals surface area (Å²) < 4.78 is 31.3. The number of nitrogen functional groups attached to an aromatic ring is 2. The number of carbonyl (C=O) groups excluding carboxylic acids is 1. The van der Waals surface area contributed by atoms with E-state index < -0.39 is 28.1 Å². The van der Waals surface area contributed by atoms with E-state index in [-0.39, 0.29) is 23.3 Å². The predicted molar refractivity (Wildman–Crippen MR) is 262 cm³/mol. The standard InChI is InChI=1S/C21H20ClN5O.C15H11ClN4.C13H16O5S/c1-12-6-20-15(7-19(12)24-3)17(16-8-25-9-18(23)21(16)22)11-27(20)14-4-5-26(10-14)13(2)28;1-8-3-14-9(4-13(8)18-2)10(6-20-14)11-5-19-7-12(17)15(11)16;1-9-2-6-12(7-3-9)19(16,17)18-11-5-4-10(8-11)13(14)15/h6-9,11,14H,4-5,10,23H2,1-2H3;3-7,20H,17H2,1H3;2-3,6-7,10-11H,4-5,8H2,1H3,(H,14,15). The lowest BCUT2D eigenvalue weighted by molar-refractivity contribution is -0.141. The third-order valence-electron chi connectivity index (χ3n) is 12.1. The Hall–Kier alpha value is -6.95. The van der Waals surface area contributed by atoms with Crippen molar-refractivity contribution < 1.29 is 27.3 Å². The van der Waals surface area contributed by atoms with Gasteiger partial charge < -0.3 is 31.0 Å². The molecule has 6 N–H and O–H groups in total. The van der Waals surface area contributed by atoms with Crippen molar-refractivity contribution in [3.8, 4) is 22.3 Å². The van der Waals surface area contributed by atoms with E-state index in [0.717, 1.165) is 73.7 Å². The number of carbonyl (C=O) groups is 2. The van der Waals surface area contributed by atoms with Crippen molar-refractivity contribution in [2.45, 2.75) is 70.4 Å². The zero-order valence-corrected chi connectivity index (χ0v) is 39.4. The second-order valence-electron chi connectivity index (χ2n) is 16.6. The zero-order valence-electron chi connectivity index (χ0n) is 37.0. The number of nitrogens with one attached hydrogen (secondary N) is 1. The van der Waals surface area contributed by atoms with Crippen LogP contribution in [0.25, 0.3) is 53.7 Å². The van der Waals surface area contributed by atoms with Crippen LogP contribution < -0.4 is 11.5 Å². The van der Waals surface area contributed by atoms with Crippen molar-refractivity contribution >= 4 is 89.8 Å². The van der Waals surface area contributed by atoms with Gasteiger partial charge in [0.15, 0.2) is 11.4 Å². The molecule has 1 aliphatic carbocycles. The number of fused-ring (bicyclic) bond motifs is 2. The fourth-order valence-corrected chi connectivity index (χ4v) is 9.89. The molecule has 5 heterocycles. The lowest BCUT2D eigenvalue weighted by Crippen LogP contribution is -2.26. The van der Waals surface area contributed by atoms with Gasteiger partial charge in [-0.3, -0.25) is 23.7 Å². The molecule has 67 heavy (non-hydrogen) atoms. The molecule has 1 amide bonds. The normalized spacial score (nSPS) is 16.7. The molecule has 2 fully saturated rings. The van der Waals surface area contributed by atoms with Crippen LogP contribution in [0.5, 0.6) is 0 Å². The highest BCUT2D eigenvalue weighted by Crippen LogP contribution is 2.42. The highest BCUT2D eigenvalue weighted by atomic mass is 35.5. The number of rotatable bonds is 7. The molecule has 3 atom stereocenters. The van der Waals surface area contributed by atoms with E-state index in [2.05, 4.69) is 35.4 Å². The SMILES string of the molecule is Cc1ccc(S(=O)(=O)OC2CCC(C(=O)O)C2)cc1.[C-]#[N+]c1cc2c(-c3cncc(N)c3Cl)c[nH]c2cc1C.[C-]#[N+]c1cc2c(-c3cncc(N)c3Cl)cn(C3CCN(C(C)=O)C3)c2cc1C. The lowest BCUT2D eigenvalue weighted by atomic mass is 10.0. The van der Waals surface area contributed by atoms with Crippen LogP contribution in [0.4, 0.5) is 22.7 Å². The van der Waals surface area contributed by atoms with Crippen molar-refractivity contribution in [3.63, 3.8) is 0 Å². The van der Waals surface area contributed by atoms with E-state index in [1.807, 2.05) is 56.1 Å². The number of aryl methyl sites for hydroxylation is 3. The number of carboxylic acids is 1. The summed E-state index contributed by atoms with van der Waals surface area (Å²) >= 11 is 12.7. The van der Waals surface area contributed by atoms with E-state index in [4.69, 9.17) is 57.1 Å². The first-order valence-electron chi connectivity index (χ1n) is 21.2. The monoisotopic (exact) mass is 959 g/mol. The molecule has 15 nitrogen and oxygen atoms in total. The summed E-state index contributed by atoms with van der Waals surface area (Å²) in [6.07, 6.45) is 11.9. The maximum atomic E-state index is 12.0. The van der Waals surface area contributed by atoms with Gasteiger partial charge in [0.25, 0.3) is 10.1 Å². The van der Waals surface area contributed by atoms with Crippen LogP contribution in [-0.4, -0.2) is 69.0 Å². The van der Waals surface area contributed by atoms with Crippen LogP contribution in [0.2, 0.25) is 10.0 Å². The Morgan fingerprint density at radius 2 is 1.43 bits per heavy atom. The minimum absolute atomic E-state index is 0.0914. The molecule has 0 spiro atoms. The number of pyridine rings is 2. The number of H-pyrrole nitrogens is 1. The summed E-state index contributed by atoms with van der Waals surface area (Å²) in [5, 5.41) is 11.7. The summed E-state index contributed by atoms with van der Waals surface area (Å²) in [5.41, 5.74) is 22.0. The first-order valence-corrected chi connectivity index (χ1v) is 23.4. The molecular formula is C49H47Cl2N9O6S. The number of likely N-dealkylation sites (tertiary alicyclic amines) is 1. The molecule has 344 valence electrons. The summed E-state index contributed by atoms with van der Waals surface area (Å²) in [5.74, 6) is -1.30. The molecule has 7 aromatic rings. The van der Waals surface area contributed by atoms with Gasteiger partial charge in [0.2, 0.25) is 5.91 Å². The molecule has 0 radical (unpaired) electrons. The van der Waals surface area contributed by atoms with Crippen LogP contribution in [0.15, 0.2) is 90.6 Å². The second kappa shape index (κ2) is 19.9. The van der Waals surface area contributed by atoms with Crippen molar-refractivity contribution in [1.29, 1.82) is 0 Å². The van der Waals surface area contributed by atoms with Crippen molar-refractivity contribution in [2.75, 3.05) is 24.6 Å². The van der Waals surface area contributed by atoms with Crippen LogP contribution >= 0.6 is 23.2 Å². The number of halogens is 2. The second-order valence-corrected chi connectivity index (χ2v) is 19.0. The minimum Gasteiger partial charge on any atom is -0.481 e. The molecule has 1 aliphatic heterocycles. The van der Waals surface area contributed by atoms with Gasteiger partial charge >= 0.3 is 5.97 Å². The maximum absolute atomic E-state index is 12.0. The van der Waals surface area contributed by atoms with Gasteiger partial charge in [0, 0.05) is 78.1 Å². The van der Waals surface area contributed by atoms with E-state index >= 15 is 0 Å². The average molecular weight is 961 g/mol. The molecule has 3 aromatic carbocycles. The fourth-order valence-electron chi connectivity index (χ4n) is 8.38. The number of aromatic nitrogens is 4. The van der Waals surface area contributed by atoms with E-state index in [0.29, 0.717) is 52.2 Å². The number of hydrogen-bond acceptors (Lipinski definition) is 9. The first-order chi connectivity index (χ1) is 31.9. The molecule has 3 unspecified atom stereocenters. The van der Waals surface area contributed by atoms with Crippen LogP contribution in [0.1, 0.15) is 55.3 Å². The minimum atomic E-state index is -3.80. The summed E-state index contributed by atoms with van der Waals surface area (Å²) in [6, 6.07) is 14.3. The number of aromatic amines is 1. The molecule has 18 heteroatoms. The lowest BCUT2D eigenvalue weighted by Gasteiger charge is -2.16. The highest BCUT2D eigenvalue weighted by Gasteiger charge is 2.34. The Balaban J connectivity index is 0.000000153. The van der Waals surface area contributed by atoms with E-state index in [1.165, 1.54) is 24.5 Å². The molecule has 0 bridgehead atoms. The van der Waals surface area contributed by atoms with Gasteiger partial charge in [-0.2, -0.15) is 8.42 Å². The topological polar surface area (TPSA) is 208 Å². The summed E-state index contributed by atoms with van der Waals surface area (Å²) in [7, 11) is -3.80. The van der Waals surface area contributed by atoms with Gasteiger partial charge in [-0.05, 0) is 105 Å².